The Kier molecular flexibility index (Phi) is 7.65. The molecule has 0 bridgehead atoms. The molecule has 1 heterocycles. The third-order valence-corrected chi connectivity index (χ3v) is 4.69. The summed E-state index contributed by atoms with van der Waals surface area (Å²) in [5.74, 6) is 1.58. The molecule has 6 heteroatoms. The summed E-state index contributed by atoms with van der Waals surface area (Å²) in [6, 6.07) is 0. The lowest BCUT2D eigenvalue weighted by molar-refractivity contribution is -0.122. The molecule has 2 rings (SSSR count). The number of aliphatic hydroxyl groups is 1. The largest absolute Gasteiger partial charge is 0.391 e. The van der Waals surface area contributed by atoms with E-state index in [2.05, 4.69) is 20.5 Å². The number of likely N-dealkylation sites (tertiary alicyclic amines) is 1. The topological polar surface area (TPSA) is 77.0 Å². The van der Waals surface area contributed by atoms with E-state index in [4.69, 9.17) is 0 Å². The molecule has 1 aliphatic heterocycles. The second-order valence-corrected chi connectivity index (χ2v) is 6.68. The van der Waals surface area contributed by atoms with Crippen molar-refractivity contribution in [3.63, 3.8) is 0 Å². The van der Waals surface area contributed by atoms with Gasteiger partial charge < -0.3 is 20.6 Å². The Hall–Kier alpha value is -1.30. The molecule has 0 unspecified atom stereocenters. The van der Waals surface area contributed by atoms with Crippen LogP contribution in [0, 0.1) is 5.92 Å². The molecule has 6 nitrogen and oxygen atoms in total. The number of carbonyl (C=O) groups is 1. The number of rotatable bonds is 6. The Morgan fingerprint density at radius 1 is 1.22 bits per heavy atom. The molecule has 2 aliphatic rings. The summed E-state index contributed by atoms with van der Waals surface area (Å²) in [6.07, 6.45) is 7.48. The van der Waals surface area contributed by atoms with Gasteiger partial charge in [-0.2, -0.15) is 0 Å². The standard InChI is InChI=1S/C17H32N4O2/c1-2-18-17(21-11-8-15(22)13-21)20-10-9-19-16(23)12-14-6-4-3-5-7-14/h14-15,22H,2-13H2,1H3,(H,18,20)(H,19,23)/t15-/m1/s1. The Bertz CT molecular complexity index is 394. The third-order valence-electron chi connectivity index (χ3n) is 4.69. The molecule has 1 saturated heterocycles. The normalized spacial score (nSPS) is 23.1. The predicted octanol–water partition coefficient (Wildman–Crippen LogP) is 1.11. The van der Waals surface area contributed by atoms with Crippen LogP contribution in [0.4, 0.5) is 0 Å². The minimum Gasteiger partial charge on any atom is -0.391 e. The number of hydrogen-bond acceptors (Lipinski definition) is 3. The van der Waals surface area contributed by atoms with Gasteiger partial charge in [-0.1, -0.05) is 19.3 Å². The van der Waals surface area contributed by atoms with E-state index in [0.29, 0.717) is 32.0 Å². The van der Waals surface area contributed by atoms with Crippen molar-refractivity contribution in [2.24, 2.45) is 10.9 Å². The van der Waals surface area contributed by atoms with E-state index in [1.54, 1.807) is 0 Å². The van der Waals surface area contributed by atoms with Gasteiger partial charge in [0.25, 0.3) is 0 Å². The molecule has 3 N–H and O–H groups in total. The Morgan fingerprint density at radius 2 is 2.00 bits per heavy atom. The lowest BCUT2D eigenvalue weighted by Gasteiger charge is -2.21. The van der Waals surface area contributed by atoms with Gasteiger partial charge in [-0.05, 0) is 32.1 Å². The predicted molar refractivity (Wildman–Crippen MR) is 92.4 cm³/mol. The van der Waals surface area contributed by atoms with E-state index < -0.39 is 0 Å². The SMILES string of the molecule is CCNC(=NCCNC(=O)CC1CCCCC1)N1CC[C@@H](O)C1. The van der Waals surface area contributed by atoms with E-state index in [9.17, 15) is 9.90 Å². The maximum Gasteiger partial charge on any atom is 0.220 e. The molecule has 0 radical (unpaired) electrons. The smallest absolute Gasteiger partial charge is 0.220 e. The molecule has 132 valence electrons. The van der Waals surface area contributed by atoms with Gasteiger partial charge in [0, 0.05) is 32.6 Å². The maximum absolute atomic E-state index is 12.0. The van der Waals surface area contributed by atoms with Gasteiger partial charge in [-0.25, -0.2) is 0 Å². The van der Waals surface area contributed by atoms with Crippen molar-refractivity contribution < 1.29 is 9.90 Å². The molecule has 1 atom stereocenters. The molecule has 0 aromatic rings. The fourth-order valence-corrected chi connectivity index (χ4v) is 3.44. The summed E-state index contributed by atoms with van der Waals surface area (Å²) >= 11 is 0. The van der Waals surface area contributed by atoms with E-state index in [0.717, 1.165) is 25.5 Å². The fourth-order valence-electron chi connectivity index (χ4n) is 3.44. The second kappa shape index (κ2) is 9.75. The zero-order valence-electron chi connectivity index (χ0n) is 14.4. The molecule has 0 aromatic carbocycles. The van der Waals surface area contributed by atoms with Crippen LogP contribution in [0.3, 0.4) is 0 Å². The lowest BCUT2D eigenvalue weighted by atomic mass is 9.87. The number of β-amino-alcohol motifs (C(OH)–C–C–N with tert-alkyl or cyclic N) is 1. The number of amides is 1. The molecule has 2 fully saturated rings. The monoisotopic (exact) mass is 324 g/mol. The van der Waals surface area contributed by atoms with Crippen LogP contribution in [0.25, 0.3) is 0 Å². The van der Waals surface area contributed by atoms with E-state index >= 15 is 0 Å². The molecule has 1 aliphatic carbocycles. The number of nitrogens with zero attached hydrogens (tertiary/aromatic N) is 2. The van der Waals surface area contributed by atoms with Crippen LogP contribution in [0.15, 0.2) is 4.99 Å². The average Bonchev–Trinajstić information content (AvgIpc) is 2.98. The Morgan fingerprint density at radius 3 is 2.65 bits per heavy atom. The molecule has 0 spiro atoms. The molecule has 0 aromatic heterocycles. The first-order valence-corrected chi connectivity index (χ1v) is 9.17. The minimum absolute atomic E-state index is 0.161. The summed E-state index contributed by atoms with van der Waals surface area (Å²) < 4.78 is 0. The summed E-state index contributed by atoms with van der Waals surface area (Å²) in [7, 11) is 0. The fraction of sp³-hybridized carbons (Fsp3) is 0.882. The van der Waals surface area contributed by atoms with Crippen LogP contribution in [0.5, 0.6) is 0 Å². The molecular formula is C17H32N4O2. The van der Waals surface area contributed by atoms with Gasteiger partial charge in [0.1, 0.15) is 0 Å². The van der Waals surface area contributed by atoms with Crippen molar-refractivity contribution >= 4 is 11.9 Å². The van der Waals surface area contributed by atoms with Crippen LogP contribution >= 0.6 is 0 Å². The van der Waals surface area contributed by atoms with Crippen LogP contribution in [0.1, 0.15) is 51.9 Å². The van der Waals surface area contributed by atoms with Crippen LogP contribution in [-0.2, 0) is 4.79 Å². The zero-order valence-corrected chi connectivity index (χ0v) is 14.4. The van der Waals surface area contributed by atoms with Crippen molar-refractivity contribution in [3.8, 4) is 0 Å². The van der Waals surface area contributed by atoms with Gasteiger partial charge in [0.15, 0.2) is 5.96 Å². The van der Waals surface area contributed by atoms with Crippen molar-refractivity contribution in [1.82, 2.24) is 15.5 Å². The zero-order chi connectivity index (χ0) is 16.5. The third kappa shape index (κ3) is 6.37. The van der Waals surface area contributed by atoms with Crippen LogP contribution < -0.4 is 10.6 Å². The van der Waals surface area contributed by atoms with Gasteiger partial charge >= 0.3 is 0 Å². The summed E-state index contributed by atoms with van der Waals surface area (Å²) in [4.78, 5) is 18.6. The molecular weight excluding hydrogens is 292 g/mol. The number of aliphatic hydroxyl groups excluding tert-OH is 1. The highest BCUT2D eigenvalue weighted by molar-refractivity contribution is 5.80. The van der Waals surface area contributed by atoms with E-state index in [1.807, 2.05) is 6.92 Å². The first-order chi connectivity index (χ1) is 11.2. The summed E-state index contributed by atoms with van der Waals surface area (Å²) in [6.45, 7) is 5.47. The molecule has 1 saturated carbocycles. The van der Waals surface area contributed by atoms with Gasteiger partial charge in [0.05, 0.1) is 12.6 Å². The highest BCUT2D eigenvalue weighted by Crippen LogP contribution is 2.25. The first-order valence-electron chi connectivity index (χ1n) is 9.17. The quantitative estimate of drug-likeness (QED) is 0.388. The maximum atomic E-state index is 12.0. The Balaban J connectivity index is 1.67. The van der Waals surface area contributed by atoms with Gasteiger partial charge in [0.2, 0.25) is 5.91 Å². The number of carbonyl (C=O) groups excluding carboxylic acids is 1. The number of guanidine groups is 1. The number of nitrogens with one attached hydrogen (secondary N) is 2. The summed E-state index contributed by atoms with van der Waals surface area (Å²) in [5, 5.41) is 15.9. The van der Waals surface area contributed by atoms with Gasteiger partial charge in [-0.15, -0.1) is 0 Å². The summed E-state index contributed by atoms with van der Waals surface area (Å²) in [5.41, 5.74) is 0. The van der Waals surface area contributed by atoms with Crippen LogP contribution in [0.2, 0.25) is 0 Å². The average molecular weight is 324 g/mol. The van der Waals surface area contributed by atoms with Crippen molar-refractivity contribution in [1.29, 1.82) is 0 Å². The molecule has 1 amide bonds. The van der Waals surface area contributed by atoms with Crippen molar-refractivity contribution in [3.05, 3.63) is 0 Å². The minimum atomic E-state index is -0.256. The van der Waals surface area contributed by atoms with E-state index in [-0.39, 0.29) is 12.0 Å². The first kappa shape index (κ1) is 18.0. The van der Waals surface area contributed by atoms with Crippen molar-refractivity contribution in [2.45, 2.75) is 58.0 Å². The second-order valence-electron chi connectivity index (χ2n) is 6.68. The highest BCUT2D eigenvalue weighted by Gasteiger charge is 2.22. The van der Waals surface area contributed by atoms with E-state index in [1.165, 1.54) is 32.1 Å². The number of hydrogen-bond donors (Lipinski definition) is 3. The highest BCUT2D eigenvalue weighted by atomic mass is 16.3. The lowest BCUT2D eigenvalue weighted by Crippen LogP contribution is -2.41. The molecule has 23 heavy (non-hydrogen) atoms. The van der Waals surface area contributed by atoms with Crippen molar-refractivity contribution in [2.75, 3.05) is 32.7 Å². The number of aliphatic imine (C=N–C) groups is 1. The van der Waals surface area contributed by atoms with Crippen LogP contribution in [-0.4, -0.2) is 60.7 Å². The Labute approximate surface area is 139 Å². The van der Waals surface area contributed by atoms with Gasteiger partial charge in [-0.3, -0.25) is 9.79 Å².